The molecule has 2 aromatic carbocycles. The summed E-state index contributed by atoms with van der Waals surface area (Å²) < 4.78 is 11.3. The third-order valence-corrected chi connectivity index (χ3v) is 5.44. The van der Waals surface area contributed by atoms with Crippen molar-refractivity contribution >= 4 is 34.8 Å². The van der Waals surface area contributed by atoms with Crippen molar-refractivity contribution in [2.45, 2.75) is 25.9 Å². The van der Waals surface area contributed by atoms with E-state index in [1.54, 1.807) is 12.3 Å². The maximum Gasteiger partial charge on any atom is 0.155 e. The van der Waals surface area contributed by atoms with Gasteiger partial charge in [-0.15, -0.1) is 11.6 Å². The molecule has 0 aliphatic rings. The minimum absolute atomic E-state index is 0.265. The first-order valence-corrected chi connectivity index (χ1v) is 10.8. The molecule has 0 saturated carbocycles. The van der Waals surface area contributed by atoms with Crippen LogP contribution in [0.25, 0.3) is 0 Å². The second-order valence-corrected chi connectivity index (χ2v) is 8.43. The molecule has 0 aliphatic heterocycles. The third kappa shape index (κ3) is 5.59. The second-order valence-electron chi connectivity index (χ2n) is 7.26. The Morgan fingerprint density at radius 2 is 1.77 bits per heavy atom. The van der Waals surface area contributed by atoms with Crippen molar-refractivity contribution < 1.29 is 9.47 Å². The van der Waals surface area contributed by atoms with Crippen LogP contribution >= 0.6 is 34.8 Å². The van der Waals surface area contributed by atoms with E-state index < -0.39 is 5.41 Å². The number of rotatable bonds is 8. The topological polar surface area (TPSA) is 68.0 Å². The molecule has 1 heterocycles. The lowest BCUT2D eigenvalue weighted by Gasteiger charge is -2.27. The number of benzene rings is 2. The quantitative estimate of drug-likeness (QED) is 0.363. The van der Waals surface area contributed by atoms with Crippen molar-refractivity contribution in [1.82, 2.24) is 9.97 Å². The normalized spacial score (nSPS) is 11.1. The van der Waals surface area contributed by atoms with E-state index in [0.717, 1.165) is 11.1 Å². The van der Waals surface area contributed by atoms with Crippen LogP contribution in [0.1, 0.15) is 36.2 Å². The lowest BCUT2D eigenvalue weighted by Crippen LogP contribution is -2.19. The summed E-state index contributed by atoms with van der Waals surface area (Å²) in [5.74, 6) is 1.37. The maximum absolute atomic E-state index is 9.55. The number of nitrogens with zero attached hydrogens (tertiary/aromatic N) is 3. The fraction of sp³-hybridized carbons (Fsp3) is 0.261. The molecule has 0 N–H and O–H groups in total. The van der Waals surface area contributed by atoms with E-state index in [1.165, 1.54) is 6.20 Å². The van der Waals surface area contributed by atoms with Gasteiger partial charge in [-0.25, -0.2) is 4.98 Å². The predicted octanol–water partition coefficient (Wildman–Crippen LogP) is 6.18. The van der Waals surface area contributed by atoms with Crippen LogP contribution in [0.4, 0.5) is 0 Å². The van der Waals surface area contributed by atoms with Gasteiger partial charge in [0.1, 0.15) is 30.2 Å². The highest BCUT2D eigenvalue weighted by atomic mass is 35.5. The molecular formula is C23H20Cl3N3O2. The number of hydrogen-bond donors (Lipinski definition) is 0. The molecule has 0 spiro atoms. The number of nitriles is 1. The van der Waals surface area contributed by atoms with Gasteiger partial charge in [0.05, 0.1) is 34.6 Å². The van der Waals surface area contributed by atoms with Gasteiger partial charge in [-0.1, -0.05) is 49.2 Å². The lowest BCUT2D eigenvalue weighted by atomic mass is 9.77. The minimum Gasteiger partial charge on any atom is -0.489 e. The van der Waals surface area contributed by atoms with Crippen LogP contribution in [0.5, 0.6) is 11.5 Å². The van der Waals surface area contributed by atoms with E-state index in [9.17, 15) is 5.26 Å². The molecule has 160 valence electrons. The summed E-state index contributed by atoms with van der Waals surface area (Å²) in [6.07, 6.45) is 3.09. The minimum atomic E-state index is -0.406. The molecule has 8 heteroatoms. The number of aromatic nitrogens is 2. The van der Waals surface area contributed by atoms with Crippen molar-refractivity contribution in [3.63, 3.8) is 0 Å². The Morgan fingerprint density at radius 1 is 1.03 bits per heavy atom. The van der Waals surface area contributed by atoms with Crippen LogP contribution in [0.15, 0.2) is 48.8 Å². The summed E-state index contributed by atoms with van der Waals surface area (Å²) in [6.45, 7) is 4.68. The van der Waals surface area contributed by atoms with Crippen molar-refractivity contribution in [1.29, 1.82) is 5.26 Å². The number of ether oxygens (including phenoxy) is 2. The molecular weight excluding hydrogens is 457 g/mol. The van der Waals surface area contributed by atoms with Gasteiger partial charge in [0.2, 0.25) is 0 Å². The van der Waals surface area contributed by atoms with Gasteiger partial charge in [-0.2, -0.15) is 5.26 Å². The van der Waals surface area contributed by atoms with Crippen LogP contribution in [0.2, 0.25) is 10.2 Å². The Labute approximate surface area is 196 Å². The molecule has 0 bridgehead atoms. The Bertz CT molecular complexity index is 1100. The molecule has 0 aliphatic carbocycles. The van der Waals surface area contributed by atoms with Gasteiger partial charge in [0, 0.05) is 5.41 Å². The Balaban J connectivity index is 1.80. The standard InChI is InChI=1S/C23H20Cl3N3O2/c1-23(2,17-9-15(11-27)22(20(25)10-17)30-8-7-24)16-3-5-19(6-4-16)31-14-18-12-28-13-21(26)29-18/h3-6,9-10,12-13H,7-8,14H2,1-2H3. The molecule has 0 fully saturated rings. The molecule has 0 amide bonds. The number of halogens is 3. The van der Waals surface area contributed by atoms with Crippen LogP contribution in [-0.2, 0) is 12.0 Å². The van der Waals surface area contributed by atoms with Crippen molar-refractivity contribution in [2.75, 3.05) is 12.5 Å². The van der Waals surface area contributed by atoms with Gasteiger partial charge in [0.25, 0.3) is 0 Å². The molecule has 1 aromatic heterocycles. The van der Waals surface area contributed by atoms with Gasteiger partial charge in [0.15, 0.2) is 5.75 Å². The summed E-state index contributed by atoms with van der Waals surface area (Å²) in [4.78, 5) is 8.15. The molecule has 3 aromatic rings. The third-order valence-electron chi connectivity index (χ3n) is 4.83. The molecule has 0 atom stereocenters. The first-order chi connectivity index (χ1) is 14.8. The van der Waals surface area contributed by atoms with E-state index in [4.69, 9.17) is 44.3 Å². The van der Waals surface area contributed by atoms with Crippen molar-refractivity contribution in [3.8, 4) is 17.6 Å². The molecule has 31 heavy (non-hydrogen) atoms. The van der Waals surface area contributed by atoms with Crippen molar-refractivity contribution in [2.24, 2.45) is 0 Å². The Kier molecular flexibility index (Phi) is 7.61. The van der Waals surface area contributed by atoms with Gasteiger partial charge in [-0.05, 0) is 35.4 Å². The summed E-state index contributed by atoms with van der Waals surface area (Å²) in [5.41, 5.74) is 2.55. The predicted molar refractivity (Wildman–Crippen MR) is 122 cm³/mol. The fourth-order valence-electron chi connectivity index (χ4n) is 3.07. The van der Waals surface area contributed by atoms with Crippen LogP contribution < -0.4 is 9.47 Å². The van der Waals surface area contributed by atoms with E-state index in [2.05, 4.69) is 29.9 Å². The average molecular weight is 477 g/mol. The van der Waals surface area contributed by atoms with E-state index >= 15 is 0 Å². The highest BCUT2D eigenvalue weighted by molar-refractivity contribution is 6.32. The van der Waals surface area contributed by atoms with Crippen LogP contribution in [0, 0.1) is 11.3 Å². The SMILES string of the molecule is CC(C)(c1ccc(OCc2cncc(Cl)n2)cc1)c1cc(Cl)c(OCCCl)c(C#N)c1. The Hall–Kier alpha value is -2.52. The van der Waals surface area contributed by atoms with E-state index in [1.807, 2.05) is 30.3 Å². The highest BCUT2D eigenvalue weighted by Gasteiger charge is 2.26. The van der Waals surface area contributed by atoms with Crippen LogP contribution in [0.3, 0.4) is 0 Å². The van der Waals surface area contributed by atoms with Gasteiger partial charge >= 0.3 is 0 Å². The zero-order valence-corrected chi connectivity index (χ0v) is 19.3. The van der Waals surface area contributed by atoms with E-state index in [0.29, 0.717) is 38.8 Å². The number of hydrogen-bond acceptors (Lipinski definition) is 5. The summed E-state index contributed by atoms with van der Waals surface area (Å²) >= 11 is 18.0. The largest absolute Gasteiger partial charge is 0.489 e. The van der Waals surface area contributed by atoms with Gasteiger partial charge < -0.3 is 9.47 Å². The zero-order valence-electron chi connectivity index (χ0n) is 17.0. The monoisotopic (exact) mass is 475 g/mol. The summed E-state index contributed by atoms with van der Waals surface area (Å²) in [6, 6.07) is 13.5. The molecule has 0 unspecified atom stereocenters. The first kappa shape index (κ1) is 23.1. The average Bonchev–Trinajstić information content (AvgIpc) is 2.76. The molecule has 0 saturated heterocycles. The molecule has 5 nitrogen and oxygen atoms in total. The fourth-order valence-corrected chi connectivity index (χ4v) is 3.58. The lowest BCUT2D eigenvalue weighted by molar-refractivity contribution is 0.300. The molecule has 3 rings (SSSR count). The first-order valence-electron chi connectivity index (χ1n) is 9.48. The summed E-state index contributed by atoms with van der Waals surface area (Å²) in [7, 11) is 0. The highest BCUT2D eigenvalue weighted by Crippen LogP contribution is 2.38. The number of alkyl halides is 1. The zero-order chi connectivity index (χ0) is 22.4. The van der Waals surface area contributed by atoms with Gasteiger partial charge in [-0.3, -0.25) is 4.98 Å². The maximum atomic E-state index is 9.55. The smallest absolute Gasteiger partial charge is 0.155 e. The van der Waals surface area contributed by atoms with Crippen molar-refractivity contribution in [3.05, 3.63) is 81.4 Å². The van der Waals surface area contributed by atoms with Crippen LogP contribution in [-0.4, -0.2) is 22.5 Å². The summed E-state index contributed by atoms with van der Waals surface area (Å²) in [5, 5.41) is 10.3. The van der Waals surface area contributed by atoms with E-state index in [-0.39, 0.29) is 13.2 Å². The second kappa shape index (κ2) is 10.2. The Morgan fingerprint density at radius 3 is 2.42 bits per heavy atom. The molecule has 0 radical (unpaired) electrons.